The monoisotopic (exact) mass is 399 g/mol. The van der Waals surface area contributed by atoms with E-state index in [1.807, 2.05) is 4.98 Å². The number of ketones is 1. The number of hydrogen-bond donors (Lipinski definition) is 2. The lowest BCUT2D eigenvalue weighted by Gasteiger charge is -2.11. The number of benzene rings is 1. The fourth-order valence-electron chi connectivity index (χ4n) is 2.66. The van der Waals surface area contributed by atoms with Crippen LogP contribution in [-0.2, 0) is 13.6 Å². The van der Waals surface area contributed by atoms with Crippen LogP contribution in [0.2, 0.25) is 0 Å². The summed E-state index contributed by atoms with van der Waals surface area (Å²) in [5.41, 5.74) is 4.16. The number of fused-ring (bicyclic) bond motifs is 1. The molecule has 0 fully saturated rings. The van der Waals surface area contributed by atoms with Crippen molar-refractivity contribution in [2.45, 2.75) is 11.7 Å². The van der Waals surface area contributed by atoms with Gasteiger partial charge in [0.2, 0.25) is 0 Å². The molecule has 3 aromatic rings. The average Bonchev–Trinajstić information content (AvgIpc) is 2.67. The Kier molecular flexibility index (Phi) is 5.32. The molecule has 0 bridgehead atoms. The Bertz CT molecular complexity index is 1270. The Balaban J connectivity index is 1.99. The van der Waals surface area contributed by atoms with E-state index in [2.05, 4.69) is 11.6 Å². The Labute approximate surface area is 162 Å². The van der Waals surface area contributed by atoms with Crippen LogP contribution < -0.4 is 22.5 Å². The van der Waals surface area contributed by atoms with Crippen LogP contribution in [-0.4, -0.2) is 30.6 Å². The number of carbonyl (C=O) groups is 1. The molecule has 0 amide bonds. The second-order valence-corrected chi connectivity index (χ2v) is 6.85. The van der Waals surface area contributed by atoms with Gasteiger partial charge in [-0.05, 0) is 12.1 Å². The van der Waals surface area contributed by atoms with Crippen LogP contribution in [0.1, 0.15) is 10.4 Å². The number of rotatable bonds is 6. The third-order valence-corrected chi connectivity index (χ3v) is 5.10. The number of thioether (sulfide) groups is 1. The zero-order valence-electron chi connectivity index (χ0n) is 15.0. The van der Waals surface area contributed by atoms with E-state index in [1.54, 1.807) is 30.3 Å². The minimum atomic E-state index is -0.846. The zero-order valence-corrected chi connectivity index (χ0v) is 15.8. The number of para-hydroxylation sites is 1. The molecule has 2 heterocycles. The molecule has 0 saturated carbocycles. The summed E-state index contributed by atoms with van der Waals surface area (Å²) in [6, 6.07) is 6.89. The average molecular weight is 399 g/mol. The number of H-pyrrole nitrogens is 1. The lowest BCUT2D eigenvalue weighted by molar-refractivity contribution is 0.102. The smallest absolute Gasteiger partial charge is 0.329 e. The first-order valence-corrected chi connectivity index (χ1v) is 9.19. The van der Waals surface area contributed by atoms with E-state index in [-0.39, 0.29) is 29.2 Å². The molecule has 0 saturated heterocycles. The summed E-state index contributed by atoms with van der Waals surface area (Å²) < 4.78 is 2.39. The lowest BCUT2D eigenvalue weighted by atomic mass is 10.2. The Hall–Kier alpha value is -3.40. The van der Waals surface area contributed by atoms with Crippen molar-refractivity contribution in [2.75, 3.05) is 11.5 Å². The van der Waals surface area contributed by atoms with Crippen LogP contribution in [0.15, 0.2) is 56.5 Å². The summed E-state index contributed by atoms with van der Waals surface area (Å²) in [5.74, 6) is -0.978. The van der Waals surface area contributed by atoms with Crippen molar-refractivity contribution in [1.82, 2.24) is 19.1 Å². The van der Waals surface area contributed by atoms with Crippen LogP contribution in [0.4, 0.5) is 5.82 Å². The van der Waals surface area contributed by atoms with E-state index < -0.39 is 17.0 Å². The van der Waals surface area contributed by atoms with Gasteiger partial charge in [-0.3, -0.25) is 28.5 Å². The molecule has 3 N–H and O–H groups in total. The molecule has 9 nitrogen and oxygen atoms in total. The van der Waals surface area contributed by atoms with Crippen molar-refractivity contribution < 1.29 is 4.79 Å². The van der Waals surface area contributed by atoms with Gasteiger partial charge in [0, 0.05) is 13.6 Å². The van der Waals surface area contributed by atoms with Crippen molar-refractivity contribution in [3.05, 3.63) is 73.7 Å². The van der Waals surface area contributed by atoms with Gasteiger partial charge in [0.05, 0.1) is 16.7 Å². The van der Waals surface area contributed by atoms with Crippen molar-refractivity contribution in [3.63, 3.8) is 0 Å². The number of nitrogens with zero attached hydrogens (tertiary/aromatic N) is 3. The number of aromatic nitrogens is 4. The number of Topliss-reactive ketones (excluding diaryl/α,β-unsaturated/α-hetero) is 1. The van der Waals surface area contributed by atoms with Crippen LogP contribution in [0.3, 0.4) is 0 Å². The van der Waals surface area contributed by atoms with Crippen molar-refractivity contribution in [2.24, 2.45) is 7.05 Å². The van der Waals surface area contributed by atoms with Gasteiger partial charge >= 0.3 is 5.69 Å². The first kappa shape index (κ1) is 19.4. The largest absolute Gasteiger partial charge is 0.384 e. The first-order chi connectivity index (χ1) is 13.3. The number of aromatic amines is 1. The number of nitrogens with one attached hydrogen (secondary N) is 1. The third-order valence-electron chi connectivity index (χ3n) is 4.12. The SMILES string of the molecule is C=CCn1c(SCC(=O)c2c(N)n(C)c(=O)[nH]c2=O)nc2ccccc2c1=O. The standard InChI is InChI=1S/C18H17N5O4S/c1-3-8-23-16(26)10-6-4-5-7-11(10)20-18(23)28-9-12(24)13-14(19)22(2)17(27)21-15(13)25/h3-7H,1,8-9,19H2,2H3,(H,21,25,27). The Morgan fingerprint density at radius 2 is 2.04 bits per heavy atom. The maximum atomic E-state index is 12.7. The molecular formula is C18H17N5O4S. The quantitative estimate of drug-likeness (QED) is 0.267. The van der Waals surface area contributed by atoms with E-state index in [4.69, 9.17) is 5.73 Å². The number of nitrogen functional groups attached to an aromatic ring is 1. The van der Waals surface area contributed by atoms with Crippen molar-refractivity contribution >= 4 is 34.3 Å². The summed E-state index contributed by atoms with van der Waals surface area (Å²) in [7, 11) is 1.35. The van der Waals surface area contributed by atoms with E-state index >= 15 is 0 Å². The maximum absolute atomic E-state index is 12.7. The Morgan fingerprint density at radius 1 is 1.32 bits per heavy atom. The van der Waals surface area contributed by atoms with Gasteiger partial charge in [-0.25, -0.2) is 9.78 Å². The summed E-state index contributed by atoms with van der Waals surface area (Å²) in [6.07, 6.45) is 1.55. The van der Waals surface area contributed by atoms with Crippen molar-refractivity contribution in [3.8, 4) is 0 Å². The van der Waals surface area contributed by atoms with Crippen LogP contribution >= 0.6 is 11.8 Å². The van der Waals surface area contributed by atoms with Gasteiger partial charge in [-0.2, -0.15) is 0 Å². The number of hydrogen-bond acceptors (Lipinski definition) is 7. The van der Waals surface area contributed by atoms with Gasteiger partial charge in [0.15, 0.2) is 10.9 Å². The first-order valence-electron chi connectivity index (χ1n) is 8.20. The van der Waals surface area contributed by atoms with Crippen LogP contribution in [0.25, 0.3) is 10.9 Å². The molecule has 0 unspecified atom stereocenters. The summed E-state index contributed by atoms with van der Waals surface area (Å²) in [4.78, 5) is 55.3. The fraction of sp³-hybridized carbons (Fsp3) is 0.167. The van der Waals surface area contributed by atoms with Gasteiger partial charge in [-0.15, -0.1) is 6.58 Å². The van der Waals surface area contributed by atoms with Crippen LogP contribution in [0, 0.1) is 0 Å². The normalized spacial score (nSPS) is 10.9. The summed E-state index contributed by atoms with van der Waals surface area (Å²) in [6.45, 7) is 3.86. The molecule has 0 atom stereocenters. The molecule has 0 aliphatic carbocycles. The van der Waals surface area contributed by atoms with Gasteiger partial charge in [-0.1, -0.05) is 30.0 Å². The zero-order chi connectivity index (χ0) is 20.4. The molecule has 0 aliphatic rings. The highest BCUT2D eigenvalue weighted by Gasteiger charge is 2.19. The third kappa shape index (κ3) is 3.41. The highest BCUT2D eigenvalue weighted by molar-refractivity contribution is 7.99. The van der Waals surface area contributed by atoms with E-state index in [0.29, 0.717) is 16.1 Å². The molecule has 144 valence electrons. The second-order valence-electron chi connectivity index (χ2n) is 5.91. The van der Waals surface area contributed by atoms with E-state index in [9.17, 15) is 19.2 Å². The lowest BCUT2D eigenvalue weighted by Crippen LogP contribution is -2.35. The molecular weight excluding hydrogens is 382 g/mol. The van der Waals surface area contributed by atoms with E-state index in [0.717, 1.165) is 16.3 Å². The number of carbonyl (C=O) groups excluding carboxylic acids is 1. The molecule has 1 aromatic carbocycles. The molecule has 2 aromatic heterocycles. The molecule has 0 aliphatic heterocycles. The van der Waals surface area contributed by atoms with Crippen LogP contribution in [0.5, 0.6) is 0 Å². The maximum Gasteiger partial charge on any atom is 0.329 e. The molecule has 3 rings (SSSR count). The Morgan fingerprint density at radius 3 is 2.75 bits per heavy atom. The van der Waals surface area contributed by atoms with E-state index in [1.165, 1.54) is 11.6 Å². The molecule has 0 radical (unpaired) electrons. The molecule has 0 spiro atoms. The summed E-state index contributed by atoms with van der Waals surface area (Å²) >= 11 is 1.01. The minimum absolute atomic E-state index is 0.187. The number of anilines is 1. The highest BCUT2D eigenvalue weighted by Crippen LogP contribution is 2.19. The molecule has 28 heavy (non-hydrogen) atoms. The highest BCUT2D eigenvalue weighted by atomic mass is 32.2. The topological polar surface area (TPSA) is 133 Å². The number of allylic oxidation sites excluding steroid dienone is 1. The van der Waals surface area contributed by atoms with Gasteiger partial charge in [0.1, 0.15) is 11.4 Å². The van der Waals surface area contributed by atoms with Crippen molar-refractivity contribution in [1.29, 1.82) is 0 Å². The fourth-order valence-corrected chi connectivity index (χ4v) is 3.54. The van der Waals surface area contributed by atoms with Gasteiger partial charge in [0.25, 0.3) is 11.1 Å². The van der Waals surface area contributed by atoms with Gasteiger partial charge < -0.3 is 5.73 Å². The molecule has 10 heteroatoms. The number of nitrogens with two attached hydrogens (primary N) is 1. The summed E-state index contributed by atoms with van der Waals surface area (Å²) in [5, 5.41) is 0.774. The predicted octanol–water partition coefficient (Wildman–Crippen LogP) is 0.527. The minimum Gasteiger partial charge on any atom is -0.384 e. The predicted molar refractivity (Wildman–Crippen MR) is 108 cm³/mol. The second kappa shape index (κ2) is 7.69.